The van der Waals surface area contributed by atoms with E-state index in [0.29, 0.717) is 6.29 Å². The van der Waals surface area contributed by atoms with Gasteiger partial charge in [0.15, 0.2) is 6.29 Å². The van der Waals surface area contributed by atoms with Gasteiger partial charge in [0.25, 0.3) is 0 Å². The molecule has 1 rings (SSSR count). The lowest BCUT2D eigenvalue weighted by Crippen LogP contribution is -1.88. The summed E-state index contributed by atoms with van der Waals surface area (Å²) in [6.45, 7) is -1.75. The molecule has 0 unspecified atom stereocenters. The van der Waals surface area contributed by atoms with Crippen LogP contribution in [0.5, 0.6) is 0 Å². The number of alkyl halides is 2. The highest BCUT2D eigenvalue weighted by molar-refractivity contribution is 6.32. The van der Waals surface area contributed by atoms with Gasteiger partial charge in [0.05, 0.1) is 11.2 Å². The smallest absolute Gasteiger partial charge is 0.229 e. The molecule has 1 heterocycles. The summed E-state index contributed by atoms with van der Waals surface area (Å²) in [6, 6.07) is 1.04. The first-order chi connectivity index (χ1) is 6.15. The van der Waals surface area contributed by atoms with Crippen molar-refractivity contribution in [3.05, 3.63) is 28.8 Å². The molecule has 0 aliphatic heterocycles. The normalized spacial score (nSPS) is 8.62. The van der Waals surface area contributed by atoms with Crippen LogP contribution in [0, 0.1) is 5.82 Å². The largest absolute Gasteiger partial charge is 0.296 e. The maximum Gasteiger partial charge on any atom is 0.229 e. The Balaban J connectivity index is 0.000000424. The molecule has 0 saturated heterocycles. The summed E-state index contributed by atoms with van der Waals surface area (Å²) in [5.41, 5.74) is 0.0584. The van der Waals surface area contributed by atoms with E-state index in [9.17, 15) is 18.0 Å². The van der Waals surface area contributed by atoms with E-state index in [-0.39, 0.29) is 10.7 Å². The number of rotatable bonds is 1. The molecule has 0 aliphatic carbocycles. The second kappa shape index (κ2) is 6.42. The first-order valence-corrected chi connectivity index (χ1v) is 3.41. The van der Waals surface area contributed by atoms with E-state index in [1.54, 1.807) is 0 Å². The summed E-state index contributed by atoms with van der Waals surface area (Å²) in [5.74, 6) is -0.546. The molecule has 0 atom stereocenters. The third-order valence-electron chi connectivity index (χ3n) is 0.948. The minimum Gasteiger partial charge on any atom is -0.296 e. The molecule has 0 aromatic carbocycles. The van der Waals surface area contributed by atoms with Gasteiger partial charge in [0.1, 0.15) is 11.5 Å². The molecule has 0 bridgehead atoms. The maximum absolute atomic E-state index is 12.2. The van der Waals surface area contributed by atoms with Gasteiger partial charge in [0.2, 0.25) is 6.93 Å². The van der Waals surface area contributed by atoms with Crippen LogP contribution in [0.15, 0.2) is 12.3 Å². The minimum absolute atomic E-state index is 0.0370. The van der Waals surface area contributed by atoms with E-state index in [2.05, 4.69) is 4.98 Å². The van der Waals surface area contributed by atoms with Crippen LogP contribution in [0.2, 0.25) is 5.02 Å². The average molecular weight is 212 g/mol. The Hall–Kier alpha value is -1.10. The molecule has 0 fully saturated rings. The molecule has 2 nitrogen and oxygen atoms in total. The Morgan fingerprint density at radius 2 is 2.08 bits per heavy atom. The van der Waals surface area contributed by atoms with E-state index in [1.807, 2.05) is 0 Å². The van der Waals surface area contributed by atoms with Crippen LogP contribution in [0.25, 0.3) is 0 Å². The van der Waals surface area contributed by atoms with Gasteiger partial charge < -0.3 is 0 Å². The van der Waals surface area contributed by atoms with Gasteiger partial charge >= 0.3 is 0 Å². The summed E-state index contributed by atoms with van der Waals surface area (Å²) in [5, 5.41) is 0.0370. The van der Waals surface area contributed by atoms with Crippen LogP contribution >= 0.6 is 11.6 Å². The lowest BCUT2D eigenvalue weighted by Gasteiger charge is -1.92. The van der Waals surface area contributed by atoms with Crippen molar-refractivity contribution in [1.82, 2.24) is 4.98 Å². The maximum atomic E-state index is 12.2. The van der Waals surface area contributed by atoms with Crippen LogP contribution in [-0.2, 0) is 0 Å². The van der Waals surface area contributed by atoms with E-state index in [1.165, 1.54) is 0 Å². The number of aldehydes is 1. The zero-order chi connectivity index (χ0) is 10.3. The average Bonchev–Trinajstić information content (AvgIpc) is 2.06. The number of halogens is 4. The Labute approximate surface area is 77.3 Å². The second-order valence-corrected chi connectivity index (χ2v) is 2.15. The van der Waals surface area contributed by atoms with Gasteiger partial charge in [-0.05, 0) is 6.07 Å². The summed E-state index contributed by atoms with van der Waals surface area (Å²) < 4.78 is 31.5. The van der Waals surface area contributed by atoms with Crippen LogP contribution in [-0.4, -0.2) is 18.2 Å². The van der Waals surface area contributed by atoms with E-state index >= 15 is 0 Å². The highest BCUT2D eigenvalue weighted by Gasteiger charge is 2.00. The molecule has 13 heavy (non-hydrogen) atoms. The van der Waals surface area contributed by atoms with Gasteiger partial charge in [0, 0.05) is 0 Å². The summed E-state index contributed by atoms with van der Waals surface area (Å²) in [4.78, 5) is 13.5. The Morgan fingerprint density at radius 3 is 2.46 bits per heavy atom. The number of hydrogen-bond acceptors (Lipinski definition) is 2. The van der Waals surface area contributed by atoms with E-state index in [4.69, 9.17) is 11.6 Å². The highest BCUT2D eigenvalue weighted by Crippen LogP contribution is 2.11. The van der Waals surface area contributed by atoms with Crippen LogP contribution in [0.4, 0.5) is 13.2 Å². The highest BCUT2D eigenvalue weighted by atomic mass is 35.5. The molecule has 0 amide bonds. The topological polar surface area (TPSA) is 30.0 Å². The van der Waals surface area contributed by atoms with Gasteiger partial charge in [-0.1, -0.05) is 11.6 Å². The summed E-state index contributed by atoms with van der Waals surface area (Å²) >= 11 is 5.40. The molecule has 6 heteroatoms. The van der Waals surface area contributed by atoms with E-state index < -0.39 is 12.7 Å². The Kier molecular flexibility index (Phi) is 5.88. The first-order valence-electron chi connectivity index (χ1n) is 3.03. The number of hydrogen-bond donors (Lipinski definition) is 0. The zero-order valence-electron chi connectivity index (χ0n) is 6.31. The van der Waals surface area contributed by atoms with Crippen molar-refractivity contribution in [3.8, 4) is 0 Å². The van der Waals surface area contributed by atoms with Crippen molar-refractivity contribution < 1.29 is 18.0 Å². The molecule has 1 aromatic heterocycles. The van der Waals surface area contributed by atoms with Crippen molar-refractivity contribution in [3.63, 3.8) is 0 Å². The molecule has 0 radical (unpaired) electrons. The minimum atomic E-state index is -1.75. The lowest BCUT2D eigenvalue weighted by atomic mass is 10.4. The lowest BCUT2D eigenvalue weighted by molar-refractivity contribution is 0.111. The standard InChI is InChI=1S/C6H3ClFNO.CH2F2/c7-5-1-4(8)2-9-6(5)3-10;2-1-3/h1-3H;1H2. The fraction of sp³-hybridized carbons (Fsp3) is 0.143. The summed E-state index contributed by atoms with van der Waals surface area (Å²) in [6.07, 6.45) is 1.41. The third kappa shape index (κ3) is 4.47. The van der Waals surface area contributed by atoms with Gasteiger partial charge in [-0.3, -0.25) is 4.79 Å². The predicted octanol–water partition coefficient (Wildman–Crippen LogP) is 2.57. The first kappa shape index (κ1) is 11.9. The van der Waals surface area contributed by atoms with Crippen LogP contribution < -0.4 is 0 Å². The second-order valence-electron chi connectivity index (χ2n) is 1.74. The fourth-order valence-electron chi connectivity index (χ4n) is 0.512. The summed E-state index contributed by atoms with van der Waals surface area (Å²) in [7, 11) is 0. The monoisotopic (exact) mass is 211 g/mol. The SMILES string of the molecule is FCF.O=Cc1ncc(F)cc1Cl. The van der Waals surface area contributed by atoms with Crippen LogP contribution in [0.3, 0.4) is 0 Å². The number of carbonyl (C=O) groups excluding carboxylic acids is 1. The van der Waals surface area contributed by atoms with Crippen molar-refractivity contribution >= 4 is 17.9 Å². The van der Waals surface area contributed by atoms with Crippen molar-refractivity contribution in [2.45, 2.75) is 0 Å². The van der Waals surface area contributed by atoms with Crippen molar-refractivity contribution in [2.75, 3.05) is 6.93 Å². The molecular formula is C7H5ClF3NO. The molecule has 0 aliphatic rings. The van der Waals surface area contributed by atoms with Crippen molar-refractivity contribution in [2.24, 2.45) is 0 Å². The van der Waals surface area contributed by atoms with Gasteiger partial charge in [-0.25, -0.2) is 18.2 Å². The molecule has 0 saturated carbocycles. The number of carbonyl (C=O) groups is 1. The Bertz CT molecular complexity index is 282. The van der Waals surface area contributed by atoms with Gasteiger partial charge in [-0.2, -0.15) is 0 Å². The molecule has 1 aromatic rings. The fourth-order valence-corrected chi connectivity index (χ4v) is 0.709. The molecule has 0 N–H and O–H groups in total. The molecule has 0 spiro atoms. The third-order valence-corrected chi connectivity index (χ3v) is 1.25. The van der Waals surface area contributed by atoms with Gasteiger partial charge in [-0.15, -0.1) is 0 Å². The quantitative estimate of drug-likeness (QED) is 0.669. The number of nitrogens with zero attached hydrogens (tertiary/aromatic N) is 1. The molecular weight excluding hydrogens is 207 g/mol. The number of aromatic nitrogens is 1. The zero-order valence-corrected chi connectivity index (χ0v) is 7.06. The van der Waals surface area contributed by atoms with Crippen LogP contribution in [0.1, 0.15) is 10.5 Å². The molecule has 72 valence electrons. The Morgan fingerprint density at radius 1 is 1.54 bits per heavy atom. The van der Waals surface area contributed by atoms with E-state index in [0.717, 1.165) is 12.3 Å². The van der Waals surface area contributed by atoms with Crippen molar-refractivity contribution in [1.29, 1.82) is 0 Å². The predicted molar refractivity (Wildman–Crippen MR) is 41.7 cm³/mol. The number of pyridine rings is 1.